The Balaban J connectivity index is 0.000000500. The fraction of sp³-hybridized carbons (Fsp3) is 0.500. The van der Waals surface area contributed by atoms with E-state index in [2.05, 4.69) is 4.98 Å². The summed E-state index contributed by atoms with van der Waals surface area (Å²) in [4.78, 5) is 5.21. The molecule has 2 nitrogen and oxygen atoms in total. The molecule has 0 aliphatic heterocycles. The van der Waals surface area contributed by atoms with E-state index < -0.39 is 0 Å². The Morgan fingerprint density at radius 2 is 2.30 bits per heavy atom. The zero-order valence-corrected chi connectivity index (χ0v) is 7.04. The van der Waals surface area contributed by atoms with Crippen LogP contribution < -0.4 is 5.73 Å². The van der Waals surface area contributed by atoms with E-state index in [9.17, 15) is 0 Å². The van der Waals surface area contributed by atoms with Gasteiger partial charge in [0.05, 0.1) is 11.0 Å². The van der Waals surface area contributed by atoms with Crippen LogP contribution in [0.4, 0.5) is 0 Å². The van der Waals surface area contributed by atoms with Gasteiger partial charge in [-0.1, -0.05) is 0 Å². The van der Waals surface area contributed by atoms with E-state index in [-0.39, 0.29) is 17.9 Å². The molecule has 1 aliphatic rings. The second kappa shape index (κ2) is 2.49. The lowest BCUT2D eigenvalue weighted by Gasteiger charge is -2.00. The van der Waals surface area contributed by atoms with Crippen LogP contribution in [0.15, 0.2) is 11.7 Å². The molecule has 56 valence electrons. The molecule has 1 saturated carbocycles. The maximum atomic E-state index is 5.88. The molecule has 0 aromatic carbocycles. The fourth-order valence-electron chi connectivity index (χ4n) is 0.843. The molecule has 2 N–H and O–H groups in total. The van der Waals surface area contributed by atoms with E-state index in [4.69, 9.17) is 5.73 Å². The highest BCUT2D eigenvalue weighted by Gasteiger charge is 2.41. The van der Waals surface area contributed by atoms with Crippen LogP contribution in [0.5, 0.6) is 0 Å². The summed E-state index contributed by atoms with van der Waals surface area (Å²) >= 11 is 1.66. The molecule has 0 saturated heterocycles. The first kappa shape index (κ1) is 7.98. The van der Waals surface area contributed by atoms with Crippen molar-refractivity contribution in [2.45, 2.75) is 18.4 Å². The highest BCUT2D eigenvalue weighted by Crippen LogP contribution is 2.43. The van der Waals surface area contributed by atoms with Crippen LogP contribution in [-0.2, 0) is 5.54 Å². The Hall–Kier alpha value is -0.120. The van der Waals surface area contributed by atoms with Gasteiger partial charge in [-0.2, -0.15) is 0 Å². The number of thiazole rings is 1. The normalized spacial score (nSPS) is 19.7. The third kappa shape index (κ3) is 1.17. The van der Waals surface area contributed by atoms with Gasteiger partial charge in [-0.3, -0.25) is 4.98 Å². The molecular weight excluding hydrogens is 168 g/mol. The Labute approximate surface area is 69.9 Å². The molecule has 1 aromatic rings. The summed E-state index contributed by atoms with van der Waals surface area (Å²) in [7, 11) is 0. The summed E-state index contributed by atoms with van der Waals surface area (Å²) < 4.78 is 0. The van der Waals surface area contributed by atoms with Crippen molar-refractivity contribution < 1.29 is 0 Å². The summed E-state index contributed by atoms with van der Waals surface area (Å²) in [6.45, 7) is 0. The number of rotatable bonds is 1. The van der Waals surface area contributed by atoms with Crippen molar-refractivity contribution in [2.24, 2.45) is 5.73 Å². The predicted molar refractivity (Wildman–Crippen MR) is 44.5 cm³/mol. The van der Waals surface area contributed by atoms with E-state index in [0.29, 0.717) is 0 Å². The molecule has 4 heteroatoms. The fourth-order valence-corrected chi connectivity index (χ4v) is 1.64. The Morgan fingerprint density at radius 3 is 2.70 bits per heavy atom. The number of nitrogens with two attached hydrogens (primary N) is 1. The average molecular weight is 177 g/mol. The number of nitrogens with zero attached hydrogens (tertiary/aromatic N) is 1. The zero-order valence-electron chi connectivity index (χ0n) is 5.41. The maximum absolute atomic E-state index is 5.88. The highest BCUT2D eigenvalue weighted by molar-refractivity contribution is 7.09. The molecule has 0 amide bonds. The standard InChI is InChI=1S/C6H8N2S.ClH/c7-6(1-2-6)5-3-8-4-9-5;/h3-4H,1-2,7H2;1H. The van der Waals surface area contributed by atoms with E-state index in [0.717, 1.165) is 12.8 Å². The van der Waals surface area contributed by atoms with Gasteiger partial charge in [0.15, 0.2) is 0 Å². The average Bonchev–Trinajstić information content (AvgIpc) is 2.46. The predicted octanol–water partition coefficient (Wildman–Crippen LogP) is 1.51. The minimum absolute atomic E-state index is 0. The molecule has 1 aliphatic carbocycles. The Morgan fingerprint density at radius 1 is 1.60 bits per heavy atom. The smallest absolute Gasteiger partial charge is 0.0794 e. The van der Waals surface area contributed by atoms with Crippen LogP contribution in [0.2, 0.25) is 0 Å². The van der Waals surface area contributed by atoms with Gasteiger partial charge in [-0.05, 0) is 12.8 Å². The van der Waals surface area contributed by atoms with Gasteiger partial charge < -0.3 is 5.73 Å². The second-order valence-electron chi connectivity index (χ2n) is 2.52. The summed E-state index contributed by atoms with van der Waals surface area (Å²) in [6, 6.07) is 0. The molecule has 0 unspecified atom stereocenters. The molecule has 0 spiro atoms. The van der Waals surface area contributed by atoms with Gasteiger partial charge in [0, 0.05) is 11.1 Å². The quantitative estimate of drug-likeness (QED) is 0.705. The lowest BCUT2D eigenvalue weighted by Crippen LogP contribution is -2.16. The van der Waals surface area contributed by atoms with Crippen molar-refractivity contribution in [3.05, 3.63) is 16.6 Å². The zero-order chi connectivity index (χ0) is 6.32. The number of halogens is 1. The van der Waals surface area contributed by atoms with Crippen LogP contribution in [-0.4, -0.2) is 4.98 Å². The molecule has 1 fully saturated rings. The van der Waals surface area contributed by atoms with Crippen LogP contribution in [0.25, 0.3) is 0 Å². The number of aromatic nitrogens is 1. The number of hydrogen-bond donors (Lipinski definition) is 1. The first-order valence-corrected chi connectivity index (χ1v) is 3.87. The summed E-state index contributed by atoms with van der Waals surface area (Å²) in [5.41, 5.74) is 7.75. The first-order chi connectivity index (χ1) is 4.31. The molecule has 0 bridgehead atoms. The molecule has 1 heterocycles. The minimum Gasteiger partial charge on any atom is -0.321 e. The van der Waals surface area contributed by atoms with Gasteiger partial charge in [0.2, 0.25) is 0 Å². The van der Waals surface area contributed by atoms with Crippen molar-refractivity contribution in [3.63, 3.8) is 0 Å². The van der Waals surface area contributed by atoms with Crippen LogP contribution in [0.3, 0.4) is 0 Å². The lowest BCUT2D eigenvalue weighted by atomic mass is 10.3. The van der Waals surface area contributed by atoms with Gasteiger partial charge in [-0.25, -0.2) is 0 Å². The van der Waals surface area contributed by atoms with E-state index >= 15 is 0 Å². The SMILES string of the molecule is Cl.NC1(c2cncs2)CC1. The van der Waals surface area contributed by atoms with Crippen LogP contribution in [0, 0.1) is 0 Å². The lowest BCUT2D eigenvalue weighted by molar-refractivity contribution is 0.756. The van der Waals surface area contributed by atoms with Crippen molar-refractivity contribution in [3.8, 4) is 0 Å². The van der Waals surface area contributed by atoms with Gasteiger partial charge in [0.25, 0.3) is 0 Å². The van der Waals surface area contributed by atoms with Crippen molar-refractivity contribution >= 4 is 23.7 Å². The largest absolute Gasteiger partial charge is 0.321 e. The molecule has 2 rings (SSSR count). The van der Waals surface area contributed by atoms with Crippen molar-refractivity contribution in [1.29, 1.82) is 0 Å². The van der Waals surface area contributed by atoms with E-state index in [1.54, 1.807) is 11.3 Å². The van der Waals surface area contributed by atoms with Gasteiger partial charge in [0.1, 0.15) is 0 Å². The maximum Gasteiger partial charge on any atom is 0.0794 e. The Bertz CT molecular complexity index is 206. The van der Waals surface area contributed by atoms with E-state index in [1.165, 1.54) is 4.88 Å². The topological polar surface area (TPSA) is 38.9 Å². The van der Waals surface area contributed by atoms with Crippen molar-refractivity contribution in [2.75, 3.05) is 0 Å². The summed E-state index contributed by atoms with van der Waals surface area (Å²) in [5.74, 6) is 0. The molecule has 10 heavy (non-hydrogen) atoms. The second-order valence-corrected chi connectivity index (χ2v) is 3.41. The molecule has 0 atom stereocenters. The third-order valence-corrected chi connectivity index (χ3v) is 2.70. The monoisotopic (exact) mass is 176 g/mol. The highest BCUT2D eigenvalue weighted by atomic mass is 35.5. The van der Waals surface area contributed by atoms with Gasteiger partial charge >= 0.3 is 0 Å². The number of hydrogen-bond acceptors (Lipinski definition) is 3. The summed E-state index contributed by atoms with van der Waals surface area (Å²) in [5, 5.41) is 0. The molecule has 0 radical (unpaired) electrons. The van der Waals surface area contributed by atoms with Gasteiger partial charge in [-0.15, -0.1) is 23.7 Å². The Kier molecular flexibility index (Phi) is 1.99. The third-order valence-electron chi connectivity index (χ3n) is 1.71. The summed E-state index contributed by atoms with van der Waals surface area (Å²) in [6.07, 6.45) is 4.14. The molecule has 1 aromatic heterocycles. The molecular formula is C6H9ClN2S. The first-order valence-electron chi connectivity index (χ1n) is 2.99. The minimum atomic E-state index is 0. The van der Waals surface area contributed by atoms with Crippen LogP contribution >= 0.6 is 23.7 Å². The van der Waals surface area contributed by atoms with Crippen molar-refractivity contribution in [1.82, 2.24) is 4.98 Å². The van der Waals surface area contributed by atoms with Crippen LogP contribution in [0.1, 0.15) is 17.7 Å². The van der Waals surface area contributed by atoms with E-state index in [1.807, 2.05) is 11.7 Å².